The van der Waals surface area contributed by atoms with Crippen LogP contribution in [0.15, 0.2) is 79.1 Å². The molecular formula is C26H24N4O. The lowest BCUT2D eigenvalue weighted by Gasteiger charge is -2.10. The van der Waals surface area contributed by atoms with E-state index in [4.69, 9.17) is 0 Å². The number of carbonyl (C=O) groups is 1. The highest BCUT2D eigenvalue weighted by Gasteiger charge is 2.09. The first-order chi connectivity index (χ1) is 15.0. The van der Waals surface area contributed by atoms with E-state index >= 15 is 0 Å². The topological polar surface area (TPSA) is 66.9 Å². The van der Waals surface area contributed by atoms with E-state index in [2.05, 4.69) is 45.7 Å². The van der Waals surface area contributed by atoms with Crippen LogP contribution < -0.4 is 10.6 Å². The van der Waals surface area contributed by atoms with Crippen molar-refractivity contribution in [2.24, 2.45) is 0 Å². The van der Waals surface area contributed by atoms with Gasteiger partial charge in [-0.05, 0) is 67.8 Å². The average molecular weight is 409 g/mol. The third kappa shape index (κ3) is 5.14. The molecule has 1 aromatic heterocycles. The van der Waals surface area contributed by atoms with Crippen LogP contribution in [0, 0.1) is 20.8 Å². The summed E-state index contributed by atoms with van der Waals surface area (Å²) < 4.78 is 0. The molecule has 0 spiro atoms. The number of hydrogen-bond acceptors (Lipinski definition) is 4. The highest BCUT2D eigenvalue weighted by Crippen LogP contribution is 2.21. The normalized spacial score (nSPS) is 10.5. The molecule has 4 aromatic rings. The first kappa shape index (κ1) is 20.3. The molecule has 1 amide bonds. The Morgan fingerprint density at radius 1 is 0.710 bits per heavy atom. The highest BCUT2D eigenvalue weighted by molar-refractivity contribution is 6.05. The van der Waals surface area contributed by atoms with Gasteiger partial charge in [0.2, 0.25) is 5.95 Å². The lowest BCUT2D eigenvalue weighted by molar-refractivity contribution is 0.102. The summed E-state index contributed by atoms with van der Waals surface area (Å²) in [5.74, 6) is 0.313. The Hall–Kier alpha value is -3.99. The van der Waals surface area contributed by atoms with Gasteiger partial charge in [-0.25, -0.2) is 9.97 Å². The van der Waals surface area contributed by atoms with E-state index < -0.39 is 0 Å². The quantitative estimate of drug-likeness (QED) is 0.421. The van der Waals surface area contributed by atoms with Crippen LogP contribution in [0.4, 0.5) is 17.3 Å². The number of nitrogens with zero attached hydrogens (tertiary/aromatic N) is 2. The summed E-state index contributed by atoms with van der Waals surface area (Å²) in [6.07, 6.45) is 3.58. The second-order valence-electron chi connectivity index (χ2n) is 7.70. The number of aromatic nitrogens is 2. The van der Waals surface area contributed by atoms with Gasteiger partial charge in [-0.2, -0.15) is 0 Å². The molecule has 31 heavy (non-hydrogen) atoms. The van der Waals surface area contributed by atoms with Crippen molar-refractivity contribution < 1.29 is 4.79 Å². The summed E-state index contributed by atoms with van der Waals surface area (Å²) in [6, 6.07) is 21.5. The zero-order valence-corrected chi connectivity index (χ0v) is 17.8. The van der Waals surface area contributed by atoms with Gasteiger partial charge in [0.05, 0.1) is 0 Å². The number of anilines is 3. The third-order valence-electron chi connectivity index (χ3n) is 4.86. The largest absolute Gasteiger partial charge is 0.324 e. The number of rotatable bonds is 5. The van der Waals surface area contributed by atoms with Gasteiger partial charge >= 0.3 is 0 Å². The Labute approximate surface area is 182 Å². The number of aryl methyl sites for hydroxylation is 3. The molecule has 1 heterocycles. The minimum atomic E-state index is -0.163. The van der Waals surface area contributed by atoms with E-state index in [1.54, 1.807) is 24.5 Å². The second-order valence-corrected chi connectivity index (χ2v) is 7.70. The SMILES string of the molecule is Cc1cc(C)cc(NC(=O)c2cccc(Nc3ncc(-c4cccc(C)c4)cn3)c2)c1. The smallest absolute Gasteiger partial charge is 0.255 e. The maximum atomic E-state index is 12.7. The fourth-order valence-corrected chi connectivity index (χ4v) is 3.48. The number of nitrogens with one attached hydrogen (secondary N) is 2. The van der Waals surface area contributed by atoms with Gasteiger partial charge in [0, 0.05) is 34.9 Å². The predicted octanol–water partition coefficient (Wildman–Crippen LogP) is 6.06. The van der Waals surface area contributed by atoms with Crippen molar-refractivity contribution >= 4 is 23.2 Å². The third-order valence-corrected chi connectivity index (χ3v) is 4.86. The van der Waals surface area contributed by atoms with Crippen LogP contribution in [-0.2, 0) is 0 Å². The molecule has 0 radical (unpaired) electrons. The molecule has 4 rings (SSSR count). The molecule has 2 N–H and O–H groups in total. The zero-order valence-electron chi connectivity index (χ0n) is 17.8. The number of amides is 1. The number of benzene rings is 3. The second kappa shape index (κ2) is 8.79. The van der Waals surface area contributed by atoms with Crippen LogP contribution in [0.25, 0.3) is 11.1 Å². The van der Waals surface area contributed by atoms with Gasteiger partial charge in [-0.3, -0.25) is 4.79 Å². The molecule has 0 unspecified atom stereocenters. The molecule has 0 atom stereocenters. The first-order valence-electron chi connectivity index (χ1n) is 10.1. The van der Waals surface area contributed by atoms with Crippen molar-refractivity contribution in [1.29, 1.82) is 0 Å². The predicted molar refractivity (Wildman–Crippen MR) is 126 cm³/mol. The molecule has 0 bridgehead atoms. The molecular weight excluding hydrogens is 384 g/mol. The van der Waals surface area contributed by atoms with Crippen LogP contribution >= 0.6 is 0 Å². The van der Waals surface area contributed by atoms with Gasteiger partial charge in [0.25, 0.3) is 5.91 Å². The molecule has 0 saturated heterocycles. The summed E-state index contributed by atoms with van der Waals surface area (Å²) in [5, 5.41) is 6.13. The Bertz CT molecular complexity index is 1210. The zero-order chi connectivity index (χ0) is 21.8. The van der Waals surface area contributed by atoms with Crippen molar-refractivity contribution in [3.05, 3.63) is 101 Å². The van der Waals surface area contributed by atoms with E-state index in [-0.39, 0.29) is 5.91 Å². The van der Waals surface area contributed by atoms with E-state index in [1.807, 2.05) is 50.2 Å². The molecule has 0 aliphatic rings. The minimum Gasteiger partial charge on any atom is -0.324 e. The molecule has 0 aliphatic heterocycles. The van der Waals surface area contributed by atoms with E-state index in [1.165, 1.54) is 5.56 Å². The van der Waals surface area contributed by atoms with Crippen LogP contribution in [0.2, 0.25) is 0 Å². The molecule has 0 aliphatic carbocycles. The summed E-state index contributed by atoms with van der Waals surface area (Å²) >= 11 is 0. The molecule has 0 saturated carbocycles. The maximum Gasteiger partial charge on any atom is 0.255 e. The van der Waals surface area contributed by atoms with E-state index in [9.17, 15) is 4.79 Å². The number of hydrogen-bond donors (Lipinski definition) is 2. The molecule has 3 aromatic carbocycles. The summed E-state index contributed by atoms with van der Waals surface area (Å²) in [5.41, 5.74) is 7.53. The fraction of sp³-hybridized carbons (Fsp3) is 0.115. The summed E-state index contributed by atoms with van der Waals surface area (Å²) in [4.78, 5) is 21.5. The Morgan fingerprint density at radius 3 is 2.13 bits per heavy atom. The van der Waals surface area contributed by atoms with Crippen LogP contribution in [0.3, 0.4) is 0 Å². The van der Waals surface area contributed by atoms with Crippen LogP contribution in [-0.4, -0.2) is 15.9 Å². The highest BCUT2D eigenvalue weighted by atomic mass is 16.1. The fourth-order valence-electron chi connectivity index (χ4n) is 3.48. The molecule has 5 heteroatoms. The molecule has 5 nitrogen and oxygen atoms in total. The van der Waals surface area contributed by atoms with Crippen molar-refractivity contribution in [3.63, 3.8) is 0 Å². The van der Waals surface area contributed by atoms with Gasteiger partial charge in [-0.1, -0.05) is 42.0 Å². The summed E-state index contributed by atoms with van der Waals surface area (Å²) in [7, 11) is 0. The monoisotopic (exact) mass is 408 g/mol. The van der Waals surface area contributed by atoms with Crippen LogP contribution in [0.5, 0.6) is 0 Å². The minimum absolute atomic E-state index is 0.163. The van der Waals surface area contributed by atoms with Gasteiger partial charge in [-0.15, -0.1) is 0 Å². The lowest BCUT2D eigenvalue weighted by atomic mass is 10.1. The lowest BCUT2D eigenvalue weighted by Crippen LogP contribution is -2.12. The Kier molecular flexibility index (Phi) is 5.76. The van der Waals surface area contributed by atoms with Crippen molar-refractivity contribution in [2.45, 2.75) is 20.8 Å². The van der Waals surface area contributed by atoms with E-state index in [0.29, 0.717) is 11.5 Å². The summed E-state index contributed by atoms with van der Waals surface area (Å²) in [6.45, 7) is 6.08. The Balaban J connectivity index is 1.47. The Morgan fingerprint density at radius 2 is 1.42 bits per heavy atom. The van der Waals surface area contributed by atoms with Crippen LogP contribution in [0.1, 0.15) is 27.0 Å². The van der Waals surface area contributed by atoms with Gasteiger partial charge < -0.3 is 10.6 Å². The van der Waals surface area contributed by atoms with Crippen molar-refractivity contribution in [3.8, 4) is 11.1 Å². The van der Waals surface area contributed by atoms with Gasteiger partial charge in [0.1, 0.15) is 0 Å². The standard InChI is InChI=1S/C26H24N4O/c1-17-6-4-7-20(11-17)22-15-27-26(28-16-22)30-23-9-5-8-21(14-23)25(31)29-24-12-18(2)10-19(3)13-24/h4-16H,1-3H3,(H,29,31)(H,27,28,30). The van der Waals surface area contributed by atoms with Crippen molar-refractivity contribution in [1.82, 2.24) is 9.97 Å². The first-order valence-corrected chi connectivity index (χ1v) is 10.1. The van der Waals surface area contributed by atoms with Crippen molar-refractivity contribution in [2.75, 3.05) is 10.6 Å². The molecule has 0 fully saturated rings. The number of carbonyl (C=O) groups excluding carboxylic acids is 1. The maximum absolute atomic E-state index is 12.7. The van der Waals surface area contributed by atoms with E-state index in [0.717, 1.165) is 33.6 Å². The average Bonchev–Trinajstić information content (AvgIpc) is 2.74. The molecule has 154 valence electrons. The van der Waals surface area contributed by atoms with Gasteiger partial charge in [0.15, 0.2) is 0 Å².